The summed E-state index contributed by atoms with van der Waals surface area (Å²) in [5, 5.41) is 12.9. The Bertz CT molecular complexity index is 549. The zero-order valence-corrected chi connectivity index (χ0v) is 11.7. The zero-order valence-electron chi connectivity index (χ0n) is 10.9. The Kier molecular flexibility index (Phi) is 4.72. The normalized spacial score (nSPS) is 11.8. The van der Waals surface area contributed by atoms with Gasteiger partial charge in [0.05, 0.1) is 5.56 Å². The van der Waals surface area contributed by atoms with Crippen LogP contribution in [0.4, 0.5) is 13.2 Å². The highest BCUT2D eigenvalue weighted by atomic mass is 32.1. The summed E-state index contributed by atoms with van der Waals surface area (Å²) in [6.45, 7) is 3.53. The molecule has 1 heterocycles. The number of alkyl halides is 3. The molecule has 0 spiro atoms. The van der Waals surface area contributed by atoms with Gasteiger partial charge in [0.1, 0.15) is 10.0 Å². The van der Waals surface area contributed by atoms with Crippen LogP contribution in [0.15, 0.2) is 24.3 Å². The van der Waals surface area contributed by atoms with Crippen LogP contribution in [0.2, 0.25) is 0 Å². The smallest absolute Gasteiger partial charge is 0.311 e. The van der Waals surface area contributed by atoms with E-state index < -0.39 is 11.7 Å². The molecule has 7 heteroatoms. The number of hydrogen-bond acceptors (Lipinski definition) is 4. The van der Waals surface area contributed by atoms with Gasteiger partial charge < -0.3 is 5.32 Å². The second-order valence-corrected chi connectivity index (χ2v) is 5.39. The standard InChI is InChI=1S/C13H14F3N3S/c1-2-17-8-12-19-18-11(20-12)7-9-3-5-10(6-4-9)13(14,15)16/h3-6,17H,2,7-8H2,1H3. The Morgan fingerprint density at radius 1 is 1.10 bits per heavy atom. The van der Waals surface area contributed by atoms with Crippen LogP contribution in [0.25, 0.3) is 0 Å². The lowest BCUT2D eigenvalue weighted by atomic mass is 10.1. The predicted molar refractivity (Wildman–Crippen MR) is 71.5 cm³/mol. The van der Waals surface area contributed by atoms with Crippen molar-refractivity contribution in [2.45, 2.75) is 26.1 Å². The number of aromatic nitrogens is 2. The summed E-state index contributed by atoms with van der Waals surface area (Å²) < 4.78 is 37.3. The first-order valence-corrected chi connectivity index (χ1v) is 6.99. The van der Waals surface area contributed by atoms with Gasteiger partial charge in [-0.25, -0.2) is 0 Å². The van der Waals surface area contributed by atoms with Crippen molar-refractivity contribution < 1.29 is 13.2 Å². The van der Waals surface area contributed by atoms with E-state index in [9.17, 15) is 13.2 Å². The first-order valence-electron chi connectivity index (χ1n) is 6.17. The maximum absolute atomic E-state index is 12.4. The second-order valence-electron chi connectivity index (χ2n) is 4.24. The second kappa shape index (κ2) is 6.32. The highest BCUT2D eigenvalue weighted by molar-refractivity contribution is 7.11. The van der Waals surface area contributed by atoms with Crippen LogP contribution < -0.4 is 5.32 Å². The fourth-order valence-electron chi connectivity index (χ4n) is 1.65. The van der Waals surface area contributed by atoms with Gasteiger partial charge in [-0.15, -0.1) is 10.2 Å². The Labute approximate surface area is 118 Å². The molecular formula is C13H14F3N3S. The van der Waals surface area contributed by atoms with E-state index in [1.54, 1.807) is 0 Å². The third-order valence-corrected chi connectivity index (χ3v) is 3.59. The summed E-state index contributed by atoms with van der Waals surface area (Å²) in [5.41, 5.74) is 0.162. The van der Waals surface area contributed by atoms with Gasteiger partial charge in [-0.05, 0) is 24.2 Å². The minimum atomic E-state index is -4.29. The van der Waals surface area contributed by atoms with E-state index >= 15 is 0 Å². The van der Waals surface area contributed by atoms with Gasteiger partial charge in [0.15, 0.2) is 0 Å². The number of hydrogen-bond donors (Lipinski definition) is 1. The van der Waals surface area contributed by atoms with E-state index in [0.717, 1.165) is 34.3 Å². The average Bonchev–Trinajstić information content (AvgIpc) is 2.83. The first kappa shape index (κ1) is 14.9. The van der Waals surface area contributed by atoms with Crippen LogP contribution in [0.5, 0.6) is 0 Å². The van der Waals surface area contributed by atoms with Crippen molar-refractivity contribution >= 4 is 11.3 Å². The summed E-state index contributed by atoms with van der Waals surface area (Å²) in [6, 6.07) is 5.15. The largest absolute Gasteiger partial charge is 0.416 e. The lowest BCUT2D eigenvalue weighted by molar-refractivity contribution is -0.137. The minimum absolute atomic E-state index is 0.502. The number of benzene rings is 1. The number of rotatable bonds is 5. The highest BCUT2D eigenvalue weighted by Gasteiger charge is 2.29. The fraction of sp³-hybridized carbons (Fsp3) is 0.385. The van der Waals surface area contributed by atoms with Crippen LogP contribution in [0.3, 0.4) is 0 Å². The molecule has 2 aromatic rings. The van der Waals surface area contributed by atoms with E-state index in [4.69, 9.17) is 0 Å². The summed E-state index contributed by atoms with van der Waals surface area (Å²) in [6.07, 6.45) is -3.79. The van der Waals surface area contributed by atoms with Crippen LogP contribution in [0.1, 0.15) is 28.1 Å². The van der Waals surface area contributed by atoms with Crippen LogP contribution in [-0.2, 0) is 19.1 Å². The topological polar surface area (TPSA) is 37.8 Å². The Hall–Kier alpha value is -1.47. The van der Waals surface area contributed by atoms with Gasteiger partial charge >= 0.3 is 6.18 Å². The molecule has 0 atom stereocenters. The maximum atomic E-state index is 12.4. The molecule has 1 aromatic carbocycles. The number of halogens is 3. The van der Waals surface area contributed by atoms with Gasteiger partial charge in [-0.3, -0.25) is 0 Å². The van der Waals surface area contributed by atoms with Crippen LogP contribution in [0, 0.1) is 0 Å². The molecule has 0 aliphatic carbocycles. The van der Waals surface area contributed by atoms with E-state index in [1.807, 2.05) is 6.92 Å². The van der Waals surface area contributed by atoms with Crippen molar-refractivity contribution in [3.8, 4) is 0 Å². The van der Waals surface area contributed by atoms with Gasteiger partial charge in [0, 0.05) is 13.0 Å². The van der Waals surface area contributed by atoms with Gasteiger partial charge in [0.25, 0.3) is 0 Å². The lowest BCUT2D eigenvalue weighted by Crippen LogP contribution is -2.11. The molecule has 0 fully saturated rings. The third kappa shape index (κ3) is 4.01. The quantitative estimate of drug-likeness (QED) is 0.921. The van der Waals surface area contributed by atoms with E-state index in [2.05, 4.69) is 15.5 Å². The Morgan fingerprint density at radius 3 is 2.35 bits per heavy atom. The van der Waals surface area contributed by atoms with Gasteiger partial charge in [0.2, 0.25) is 0 Å². The molecule has 0 aliphatic heterocycles. The summed E-state index contributed by atoms with van der Waals surface area (Å²) >= 11 is 1.47. The molecule has 3 nitrogen and oxygen atoms in total. The summed E-state index contributed by atoms with van der Waals surface area (Å²) in [7, 11) is 0. The van der Waals surface area contributed by atoms with Crippen molar-refractivity contribution in [2.75, 3.05) is 6.54 Å². The first-order chi connectivity index (χ1) is 9.49. The molecule has 0 amide bonds. The summed E-state index contributed by atoms with van der Waals surface area (Å²) in [5.74, 6) is 0. The van der Waals surface area contributed by atoms with Crippen molar-refractivity contribution in [3.63, 3.8) is 0 Å². The molecule has 0 unspecified atom stereocenters. The molecule has 20 heavy (non-hydrogen) atoms. The molecule has 0 saturated carbocycles. The molecule has 1 N–H and O–H groups in total. The highest BCUT2D eigenvalue weighted by Crippen LogP contribution is 2.29. The van der Waals surface area contributed by atoms with E-state index in [0.29, 0.717) is 13.0 Å². The van der Waals surface area contributed by atoms with Crippen molar-refractivity contribution in [3.05, 3.63) is 45.4 Å². The summed E-state index contributed by atoms with van der Waals surface area (Å²) in [4.78, 5) is 0. The Balaban J connectivity index is 2.01. The number of nitrogens with one attached hydrogen (secondary N) is 1. The van der Waals surface area contributed by atoms with E-state index in [1.165, 1.54) is 23.5 Å². The number of nitrogens with zero attached hydrogens (tertiary/aromatic N) is 2. The lowest BCUT2D eigenvalue weighted by Gasteiger charge is -2.06. The zero-order chi connectivity index (χ0) is 14.6. The molecule has 0 saturated heterocycles. The Morgan fingerprint density at radius 2 is 1.75 bits per heavy atom. The van der Waals surface area contributed by atoms with Crippen molar-refractivity contribution in [1.82, 2.24) is 15.5 Å². The average molecular weight is 301 g/mol. The van der Waals surface area contributed by atoms with E-state index in [-0.39, 0.29) is 0 Å². The molecule has 0 aliphatic rings. The SMILES string of the molecule is CCNCc1nnc(Cc2ccc(C(F)(F)F)cc2)s1. The molecule has 2 rings (SSSR count). The molecule has 0 bridgehead atoms. The van der Waals surface area contributed by atoms with Crippen molar-refractivity contribution in [1.29, 1.82) is 0 Å². The van der Waals surface area contributed by atoms with Crippen molar-refractivity contribution in [2.24, 2.45) is 0 Å². The molecule has 108 valence electrons. The third-order valence-electron chi connectivity index (χ3n) is 2.67. The molecule has 1 aromatic heterocycles. The van der Waals surface area contributed by atoms with Crippen LogP contribution in [-0.4, -0.2) is 16.7 Å². The molecular weight excluding hydrogens is 287 g/mol. The minimum Gasteiger partial charge on any atom is -0.311 e. The van der Waals surface area contributed by atoms with Gasteiger partial charge in [-0.1, -0.05) is 30.4 Å². The predicted octanol–water partition coefficient (Wildman–Crippen LogP) is 3.26. The monoisotopic (exact) mass is 301 g/mol. The molecule has 0 radical (unpaired) electrons. The maximum Gasteiger partial charge on any atom is 0.416 e. The van der Waals surface area contributed by atoms with Gasteiger partial charge in [-0.2, -0.15) is 13.2 Å². The van der Waals surface area contributed by atoms with Crippen LogP contribution >= 0.6 is 11.3 Å². The fourth-order valence-corrected chi connectivity index (χ4v) is 2.50.